The van der Waals surface area contributed by atoms with Gasteiger partial charge in [0.25, 0.3) is 5.92 Å². The predicted octanol–water partition coefficient (Wildman–Crippen LogP) is 2.04. The molecule has 0 aromatic carbocycles. The number of nitrogens with zero attached hydrogens (tertiary/aromatic N) is 1. The van der Waals surface area contributed by atoms with Crippen molar-refractivity contribution in [3.63, 3.8) is 0 Å². The average molecular weight is 203 g/mol. The molecule has 1 aliphatic carbocycles. The molecule has 0 atom stereocenters. The first-order valence-electron chi connectivity index (χ1n) is 5.22. The Labute approximate surface area is 82.3 Å². The van der Waals surface area contributed by atoms with E-state index in [1.54, 1.807) is 0 Å². The molecule has 4 heteroatoms. The van der Waals surface area contributed by atoms with E-state index >= 15 is 0 Å². The maximum atomic E-state index is 12.5. The van der Waals surface area contributed by atoms with Crippen LogP contribution < -0.4 is 0 Å². The van der Waals surface area contributed by atoms with Crippen LogP contribution in [0.4, 0.5) is 8.78 Å². The van der Waals surface area contributed by atoms with Crippen molar-refractivity contribution in [1.82, 2.24) is 4.90 Å². The van der Waals surface area contributed by atoms with E-state index in [4.69, 9.17) is 0 Å². The van der Waals surface area contributed by atoms with E-state index in [0.717, 1.165) is 12.8 Å². The first-order chi connectivity index (χ1) is 6.57. The minimum Gasteiger partial charge on any atom is -0.330 e. The van der Waals surface area contributed by atoms with Crippen LogP contribution >= 0.6 is 0 Å². The highest BCUT2D eigenvalue weighted by atomic mass is 19.3. The molecule has 80 valence electrons. The monoisotopic (exact) mass is 203 g/mol. The van der Waals surface area contributed by atoms with E-state index in [1.807, 2.05) is 0 Å². The lowest BCUT2D eigenvalue weighted by atomic mass is 10.0. The molecule has 0 aromatic rings. The third-order valence-corrected chi connectivity index (χ3v) is 3.14. The SMILES string of the molecule is O=C(CC1CCCC1)N1CC(F)(F)C1. The molecule has 1 saturated heterocycles. The van der Waals surface area contributed by atoms with Gasteiger partial charge in [-0.1, -0.05) is 12.8 Å². The first-order valence-corrected chi connectivity index (χ1v) is 5.22. The third kappa shape index (κ3) is 2.04. The molecule has 0 unspecified atom stereocenters. The number of hydrogen-bond acceptors (Lipinski definition) is 1. The molecule has 2 nitrogen and oxygen atoms in total. The van der Waals surface area contributed by atoms with Gasteiger partial charge in [0.2, 0.25) is 5.91 Å². The standard InChI is InChI=1S/C10H15F2NO/c11-10(12)6-13(7-10)9(14)5-8-3-1-2-4-8/h8H,1-7H2. The van der Waals surface area contributed by atoms with Crippen molar-refractivity contribution >= 4 is 5.91 Å². The summed E-state index contributed by atoms with van der Waals surface area (Å²) in [5.74, 6) is -2.25. The van der Waals surface area contributed by atoms with Gasteiger partial charge in [0, 0.05) is 6.42 Å². The summed E-state index contributed by atoms with van der Waals surface area (Å²) in [5.41, 5.74) is 0. The molecule has 0 bridgehead atoms. The van der Waals surface area contributed by atoms with Gasteiger partial charge in [-0.05, 0) is 18.8 Å². The molecule has 0 aromatic heterocycles. The number of rotatable bonds is 2. The average Bonchev–Trinajstić information content (AvgIpc) is 2.52. The largest absolute Gasteiger partial charge is 0.330 e. The van der Waals surface area contributed by atoms with Crippen LogP contribution in [0, 0.1) is 5.92 Å². The number of carbonyl (C=O) groups is 1. The molecule has 1 saturated carbocycles. The molecule has 1 heterocycles. The zero-order valence-corrected chi connectivity index (χ0v) is 8.14. The number of alkyl halides is 2. The van der Waals surface area contributed by atoms with Crippen molar-refractivity contribution in [1.29, 1.82) is 0 Å². The molecular formula is C10H15F2NO. The summed E-state index contributed by atoms with van der Waals surface area (Å²) in [7, 11) is 0. The Morgan fingerprint density at radius 1 is 1.29 bits per heavy atom. The maximum absolute atomic E-state index is 12.5. The van der Waals surface area contributed by atoms with Crippen molar-refractivity contribution in [2.24, 2.45) is 5.92 Å². The van der Waals surface area contributed by atoms with Gasteiger partial charge in [-0.2, -0.15) is 0 Å². The molecule has 2 aliphatic rings. The Bertz CT molecular complexity index is 228. The molecule has 0 spiro atoms. The molecule has 1 aliphatic heterocycles. The number of likely N-dealkylation sites (tertiary alicyclic amines) is 1. The van der Waals surface area contributed by atoms with Gasteiger partial charge in [0.05, 0.1) is 13.1 Å². The fourth-order valence-electron chi connectivity index (χ4n) is 2.28. The Kier molecular flexibility index (Phi) is 2.45. The molecule has 14 heavy (non-hydrogen) atoms. The van der Waals surface area contributed by atoms with Crippen molar-refractivity contribution in [2.75, 3.05) is 13.1 Å². The smallest absolute Gasteiger partial charge is 0.282 e. The Hall–Kier alpha value is -0.670. The highest BCUT2D eigenvalue weighted by molar-refractivity contribution is 5.77. The van der Waals surface area contributed by atoms with Crippen LogP contribution in [-0.4, -0.2) is 29.8 Å². The third-order valence-electron chi connectivity index (χ3n) is 3.14. The minimum absolute atomic E-state index is 0.0807. The summed E-state index contributed by atoms with van der Waals surface area (Å²) in [6, 6.07) is 0. The summed E-state index contributed by atoms with van der Waals surface area (Å²) in [4.78, 5) is 12.7. The van der Waals surface area contributed by atoms with Gasteiger partial charge >= 0.3 is 0 Å². The van der Waals surface area contributed by atoms with Crippen molar-refractivity contribution in [2.45, 2.75) is 38.0 Å². The van der Waals surface area contributed by atoms with Gasteiger partial charge in [-0.15, -0.1) is 0 Å². The zero-order chi connectivity index (χ0) is 10.2. The van der Waals surface area contributed by atoms with Crippen LogP contribution in [0.2, 0.25) is 0 Å². The van der Waals surface area contributed by atoms with E-state index < -0.39 is 5.92 Å². The fraction of sp³-hybridized carbons (Fsp3) is 0.900. The quantitative estimate of drug-likeness (QED) is 0.672. The Morgan fingerprint density at radius 3 is 2.36 bits per heavy atom. The highest BCUT2D eigenvalue weighted by Gasteiger charge is 2.46. The van der Waals surface area contributed by atoms with E-state index in [0.29, 0.717) is 12.3 Å². The summed E-state index contributed by atoms with van der Waals surface area (Å²) in [6.07, 6.45) is 5.05. The van der Waals surface area contributed by atoms with E-state index in [9.17, 15) is 13.6 Å². The van der Waals surface area contributed by atoms with Gasteiger partial charge < -0.3 is 4.90 Å². The fourth-order valence-corrected chi connectivity index (χ4v) is 2.28. The van der Waals surface area contributed by atoms with Crippen LogP contribution in [0.3, 0.4) is 0 Å². The molecule has 2 fully saturated rings. The molecular weight excluding hydrogens is 188 g/mol. The second-order valence-electron chi connectivity index (χ2n) is 4.46. The van der Waals surface area contributed by atoms with E-state index in [2.05, 4.69) is 0 Å². The molecule has 2 rings (SSSR count). The van der Waals surface area contributed by atoms with E-state index in [-0.39, 0.29) is 19.0 Å². The Balaban J connectivity index is 1.74. The number of halogens is 2. The number of carbonyl (C=O) groups excluding carboxylic acids is 1. The van der Waals surface area contributed by atoms with Crippen molar-refractivity contribution < 1.29 is 13.6 Å². The number of hydrogen-bond donors (Lipinski definition) is 0. The zero-order valence-electron chi connectivity index (χ0n) is 8.14. The van der Waals surface area contributed by atoms with Crippen LogP contribution in [0.5, 0.6) is 0 Å². The van der Waals surface area contributed by atoms with Gasteiger partial charge in [0.15, 0.2) is 0 Å². The first kappa shape index (κ1) is 9.87. The van der Waals surface area contributed by atoms with Crippen LogP contribution in [0.25, 0.3) is 0 Å². The van der Waals surface area contributed by atoms with Crippen molar-refractivity contribution in [3.05, 3.63) is 0 Å². The van der Waals surface area contributed by atoms with E-state index in [1.165, 1.54) is 17.7 Å². The second kappa shape index (κ2) is 3.48. The molecule has 0 N–H and O–H groups in total. The maximum Gasteiger partial charge on any atom is 0.282 e. The normalized spacial score (nSPS) is 26.3. The minimum atomic E-state index is -2.62. The summed E-state index contributed by atoms with van der Waals surface area (Å²) >= 11 is 0. The summed E-state index contributed by atoms with van der Waals surface area (Å²) in [6.45, 7) is -0.725. The van der Waals surface area contributed by atoms with Crippen LogP contribution in [0.1, 0.15) is 32.1 Å². The topological polar surface area (TPSA) is 20.3 Å². The van der Waals surface area contributed by atoms with Gasteiger partial charge in [-0.25, -0.2) is 8.78 Å². The highest BCUT2D eigenvalue weighted by Crippen LogP contribution is 2.31. The predicted molar refractivity (Wildman–Crippen MR) is 48.1 cm³/mol. The lowest BCUT2D eigenvalue weighted by Crippen LogP contribution is -2.58. The van der Waals surface area contributed by atoms with Crippen molar-refractivity contribution in [3.8, 4) is 0 Å². The van der Waals surface area contributed by atoms with Gasteiger partial charge in [-0.3, -0.25) is 4.79 Å². The molecule has 1 amide bonds. The number of amides is 1. The van der Waals surface area contributed by atoms with Gasteiger partial charge in [0.1, 0.15) is 0 Å². The molecule has 0 radical (unpaired) electrons. The lowest BCUT2D eigenvalue weighted by molar-refractivity contribution is -0.166. The summed E-state index contributed by atoms with van der Waals surface area (Å²) < 4.78 is 24.9. The lowest BCUT2D eigenvalue weighted by Gasteiger charge is -2.39. The van der Waals surface area contributed by atoms with Crippen LogP contribution in [-0.2, 0) is 4.79 Å². The summed E-state index contributed by atoms with van der Waals surface area (Å²) in [5, 5.41) is 0. The second-order valence-corrected chi connectivity index (χ2v) is 4.46. The Morgan fingerprint density at radius 2 is 1.86 bits per heavy atom. The van der Waals surface area contributed by atoms with Crippen LogP contribution in [0.15, 0.2) is 0 Å².